The van der Waals surface area contributed by atoms with Gasteiger partial charge in [0.15, 0.2) is 0 Å². The van der Waals surface area contributed by atoms with E-state index in [0.29, 0.717) is 0 Å². The summed E-state index contributed by atoms with van der Waals surface area (Å²) in [5.41, 5.74) is -1.21. The van der Waals surface area contributed by atoms with Crippen molar-refractivity contribution in [2.75, 3.05) is 0 Å². The van der Waals surface area contributed by atoms with Crippen LogP contribution in [0.5, 0.6) is 5.88 Å². The number of carboxylic acids is 2. The Morgan fingerprint density at radius 2 is 1.81 bits per heavy atom. The van der Waals surface area contributed by atoms with Gasteiger partial charge in [0.2, 0.25) is 0 Å². The normalized spacial score (nSPS) is 8.76. The first-order chi connectivity index (χ1) is 9.43. The Hall–Kier alpha value is -2.54. The summed E-state index contributed by atoms with van der Waals surface area (Å²) in [6.07, 6.45) is 2.61. The summed E-state index contributed by atoms with van der Waals surface area (Å²) >= 11 is 0. The van der Waals surface area contributed by atoms with Crippen molar-refractivity contribution in [2.45, 2.75) is 0 Å². The molecule has 0 amide bonds. The maximum atomic E-state index is 10.6. The zero-order valence-corrected chi connectivity index (χ0v) is 13.6. The van der Waals surface area contributed by atoms with E-state index in [4.69, 9.17) is 5.11 Å². The summed E-state index contributed by atoms with van der Waals surface area (Å²) in [6, 6.07) is 5.24. The minimum absolute atomic E-state index is 0. The summed E-state index contributed by atoms with van der Waals surface area (Å²) in [4.78, 5) is 36.4. The van der Waals surface area contributed by atoms with Crippen LogP contribution < -0.4 is 15.8 Å². The molecule has 0 fully saturated rings. The Bertz CT molecular complexity index is 685. The number of nitrogens with zero attached hydrogens (tertiary/aromatic N) is 1. The number of hydrogen-bond donors (Lipinski definition) is 2. The number of nitrogens with one attached hydrogen (secondary N) is 1. The monoisotopic (exact) mass is 340 g/mol. The van der Waals surface area contributed by atoms with Crippen molar-refractivity contribution in [1.82, 2.24) is 9.97 Å². The molecular weight excluding hydrogens is 334 g/mol. The SMILES string of the molecule is O=C(O)c1ccc[nH]c1=O.O=C([O-])c1cccnc1[O-].[Zn+2]. The van der Waals surface area contributed by atoms with Gasteiger partial charge in [0.1, 0.15) is 5.56 Å². The van der Waals surface area contributed by atoms with Gasteiger partial charge in [-0.15, -0.1) is 0 Å². The molecule has 2 N–H and O–H groups in total. The molecule has 0 spiro atoms. The van der Waals surface area contributed by atoms with E-state index in [1.165, 1.54) is 30.6 Å². The van der Waals surface area contributed by atoms with Crippen molar-refractivity contribution >= 4 is 11.9 Å². The Morgan fingerprint density at radius 3 is 2.19 bits per heavy atom. The van der Waals surface area contributed by atoms with Gasteiger partial charge in [-0.1, -0.05) is 6.07 Å². The van der Waals surface area contributed by atoms with E-state index in [2.05, 4.69) is 9.97 Å². The third-order valence-corrected chi connectivity index (χ3v) is 2.04. The van der Waals surface area contributed by atoms with Crippen LogP contribution in [0, 0.1) is 0 Å². The number of pyridine rings is 2. The van der Waals surface area contributed by atoms with Crippen molar-refractivity contribution in [2.24, 2.45) is 0 Å². The maximum absolute atomic E-state index is 10.6. The number of H-pyrrole nitrogens is 1. The van der Waals surface area contributed by atoms with Crippen LogP contribution in [0.25, 0.3) is 0 Å². The topological polar surface area (TPSA) is 146 Å². The van der Waals surface area contributed by atoms with Gasteiger partial charge in [-0.05, 0) is 24.1 Å². The first-order valence-electron chi connectivity index (χ1n) is 5.18. The summed E-state index contributed by atoms with van der Waals surface area (Å²) in [7, 11) is 0. The Labute approximate surface area is 130 Å². The number of aromatic nitrogens is 2. The Balaban J connectivity index is 0.000000364. The molecule has 2 aromatic rings. The van der Waals surface area contributed by atoms with E-state index in [-0.39, 0.29) is 25.0 Å². The van der Waals surface area contributed by atoms with Crippen molar-refractivity contribution in [3.05, 3.63) is 58.1 Å². The van der Waals surface area contributed by atoms with E-state index < -0.39 is 28.9 Å². The molecule has 21 heavy (non-hydrogen) atoms. The van der Waals surface area contributed by atoms with E-state index in [0.717, 1.165) is 6.07 Å². The number of hydrogen-bond acceptors (Lipinski definition) is 6. The molecule has 9 heteroatoms. The van der Waals surface area contributed by atoms with E-state index in [1.807, 2.05) is 0 Å². The molecule has 0 radical (unpaired) electrons. The fraction of sp³-hybridized carbons (Fsp3) is 0. The molecule has 0 aliphatic carbocycles. The molecule has 0 aromatic carbocycles. The van der Waals surface area contributed by atoms with Gasteiger partial charge >= 0.3 is 25.4 Å². The van der Waals surface area contributed by atoms with Crippen LogP contribution in [0.2, 0.25) is 0 Å². The van der Waals surface area contributed by atoms with E-state index >= 15 is 0 Å². The third kappa shape index (κ3) is 5.54. The fourth-order valence-corrected chi connectivity index (χ4v) is 1.14. The fourth-order valence-electron chi connectivity index (χ4n) is 1.14. The Morgan fingerprint density at radius 1 is 1.19 bits per heavy atom. The molecule has 0 saturated heterocycles. The molecule has 0 bridgehead atoms. The molecule has 0 unspecified atom stereocenters. The third-order valence-electron chi connectivity index (χ3n) is 2.04. The van der Waals surface area contributed by atoms with Crippen LogP contribution in [0.4, 0.5) is 0 Å². The molecule has 2 rings (SSSR count). The summed E-state index contributed by atoms with van der Waals surface area (Å²) in [5, 5.41) is 28.9. The van der Waals surface area contributed by atoms with Crippen molar-refractivity contribution in [3.63, 3.8) is 0 Å². The molecular formula is C12H8N2O6Zn. The summed E-state index contributed by atoms with van der Waals surface area (Å²) in [5.74, 6) is -3.46. The van der Waals surface area contributed by atoms with Crippen LogP contribution >= 0.6 is 0 Å². The number of carboxylic acid groups (broad SMARTS) is 2. The second-order valence-corrected chi connectivity index (χ2v) is 3.36. The zero-order chi connectivity index (χ0) is 15.1. The Kier molecular flexibility index (Phi) is 7.56. The number of aromatic carboxylic acids is 2. The van der Waals surface area contributed by atoms with Crippen LogP contribution in [0.1, 0.15) is 20.7 Å². The van der Waals surface area contributed by atoms with Crippen LogP contribution in [0.3, 0.4) is 0 Å². The first-order valence-corrected chi connectivity index (χ1v) is 5.18. The smallest absolute Gasteiger partial charge is 0.858 e. The largest absolute Gasteiger partial charge is 2.00 e. The predicted molar refractivity (Wildman–Crippen MR) is 62.0 cm³/mol. The minimum atomic E-state index is -1.49. The van der Waals surface area contributed by atoms with Crippen molar-refractivity contribution in [1.29, 1.82) is 0 Å². The zero-order valence-electron chi connectivity index (χ0n) is 10.6. The van der Waals surface area contributed by atoms with Gasteiger partial charge in [0.05, 0.1) is 5.97 Å². The van der Waals surface area contributed by atoms with Gasteiger partial charge in [0, 0.05) is 18.0 Å². The molecule has 8 nitrogen and oxygen atoms in total. The van der Waals surface area contributed by atoms with Crippen molar-refractivity contribution in [3.8, 4) is 5.88 Å². The van der Waals surface area contributed by atoms with E-state index in [1.54, 1.807) is 0 Å². The quantitative estimate of drug-likeness (QED) is 0.638. The second-order valence-electron chi connectivity index (χ2n) is 3.36. The molecule has 2 heterocycles. The number of aromatic amines is 1. The summed E-state index contributed by atoms with van der Waals surface area (Å²) < 4.78 is 0. The van der Waals surface area contributed by atoms with Crippen LogP contribution in [-0.4, -0.2) is 27.0 Å². The standard InChI is InChI=1S/2C6H5NO3.Zn/c2*8-5-4(6(9)10)2-1-3-7-5;/h2*1-3H,(H,7,8)(H,9,10);/q;;+2/p-2. The average Bonchev–Trinajstić information content (AvgIpc) is 2.40. The summed E-state index contributed by atoms with van der Waals surface area (Å²) in [6.45, 7) is 0. The number of rotatable bonds is 2. The second kappa shape index (κ2) is 8.60. The average molecular weight is 342 g/mol. The van der Waals surface area contributed by atoms with Gasteiger partial charge in [0.25, 0.3) is 5.56 Å². The molecule has 0 aliphatic rings. The van der Waals surface area contributed by atoms with Gasteiger partial charge < -0.3 is 25.1 Å². The van der Waals surface area contributed by atoms with E-state index in [9.17, 15) is 24.6 Å². The molecule has 0 saturated carbocycles. The minimum Gasteiger partial charge on any atom is -0.858 e. The molecule has 0 aliphatic heterocycles. The maximum Gasteiger partial charge on any atom is 2.00 e. The molecule has 0 atom stereocenters. The van der Waals surface area contributed by atoms with Crippen LogP contribution in [0.15, 0.2) is 41.5 Å². The molecule has 104 valence electrons. The van der Waals surface area contributed by atoms with Crippen LogP contribution in [-0.2, 0) is 19.5 Å². The van der Waals surface area contributed by atoms with Crippen molar-refractivity contribution < 1.29 is 44.4 Å². The number of carbonyl (C=O) groups excluding carboxylic acids is 1. The number of carbonyl (C=O) groups is 2. The molecule has 2 aromatic heterocycles. The van der Waals surface area contributed by atoms with Gasteiger partial charge in [-0.25, -0.2) is 4.79 Å². The van der Waals surface area contributed by atoms with Gasteiger partial charge in [-0.2, -0.15) is 0 Å². The van der Waals surface area contributed by atoms with Gasteiger partial charge in [-0.3, -0.25) is 9.78 Å². The first kappa shape index (κ1) is 18.5. The predicted octanol–water partition coefficient (Wildman–Crippen LogP) is -1.41.